The first kappa shape index (κ1) is 20.3. The highest BCUT2D eigenvalue weighted by Gasteiger charge is 2.22. The van der Waals surface area contributed by atoms with Crippen molar-refractivity contribution in [1.82, 2.24) is 9.80 Å². The summed E-state index contributed by atoms with van der Waals surface area (Å²) in [6.07, 6.45) is 3.95. The van der Waals surface area contributed by atoms with Gasteiger partial charge in [-0.3, -0.25) is 4.79 Å². The topological polar surface area (TPSA) is 65.8 Å². The molecular formula is C21H26ClN3O3. The van der Waals surface area contributed by atoms with E-state index in [-0.39, 0.29) is 11.9 Å². The molecule has 0 radical (unpaired) electrons. The van der Waals surface area contributed by atoms with Crippen LogP contribution in [0.4, 0.5) is 10.5 Å². The first-order valence-electron chi connectivity index (χ1n) is 9.63. The van der Waals surface area contributed by atoms with E-state index in [4.69, 9.17) is 16.0 Å². The zero-order valence-electron chi connectivity index (χ0n) is 16.1. The minimum absolute atomic E-state index is 0.0932. The van der Waals surface area contributed by atoms with E-state index in [0.29, 0.717) is 41.9 Å². The number of carbonyl (C=O) groups is 2. The second kappa shape index (κ2) is 9.64. The molecule has 150 valence electrons. The average Bonchev–Trinajstić information content (AvgIpc) is 3.20. The summed E-state index contributed by atoms with van der Waals surface area (Å²) in [5.41, 5.74) is 0.648. The molecule has 1 aliphatic heterocycles. The highest BCUT2D eigenvalue weighted by molar-refractivity contribution is 6.30. The fourth-order valence-electron chi connectivity index (χ4n) is 3.23. The molecule has 7 heteroatoms. The molecule has 1 N–H and O–H groups in total. The molecule has 3 rings (SSSR count). The van der Waals surface area contributed by atoms with E-state index in [2.05, 4.69) is 12.2 Å². The molecule has 0 bridgehead atoms. The molecule has 0 aliphatic carbocycles. The Morgan fingerprint density at radius 2 is 1.93 bits per heavy atom. The van der Waals surface area contributed by atoms with Crippen LogP contribution in [0.5, 0.6) is 0 Å². The molecule has 1 aromatic heterocycles. The predicted molar refractivity (Wildman–Crippen MR) is 109 cm³/mol. The number of amides is 3. The van der Waals surface area contributed by atoms with Crippen molar-refractivity contribution in [1.29, 1.82) is 0 Å². The van der Waals surface area contributed by atoms with Crippen LogP contribution in [-0.4, -0.2) is 41.4 Å². The molecule has 2 aromatic rings. The van der Waals surface area contributed by atoms with Gasteiger partial charge in [-0.05, 0) is 55.2 Å². The fraction of sp³-hybridized carbons (Fsp3) is 0.429. The number of nitrogens with one attached hydrogen (secondary N) is 1. The lowest BCUT2D eigenvalue weighted by atomic mass is 9.99. The largest absolute Gasteiger partial charge is 0.467 e. The first-order valence-corrected chi connectivity index (χ1v) is 10.0. The molecule has 3 amide bonds. The van der Waals surface area contributed by atoms with Crippen LogP contribution in [0, 0.1) is 5.92 Å². The van der Waals surface area contributed by atoms with Gasteiger partial charge in [0.25, 0.3) is 0 Å². The SMILES string of the molecule is CC1CCN(C(=O)CCN(Cc2ccco2)C(=O)Nc2ccc(Cl)cc2)CC1. The number of hydrogen-bond acceptors (Lipinski definition) is 3. The number of halogens is 1. The van der Waals surface area contributed by atoms with Crippen molar-refractivity contribution < 1.29 is 14.0 Å². The maximum Gasteiger partial charge on any atom is 0.322 e. The van der Waals surface area contributed by atoms with Gasteiger partial charge in [0.1, 0.15) is 5.76 Å². The highest BCUT2D eigenvalue weighted by Crippen LogP contribution is 2.18. The number of benzene rings is 1. The summed E-state index contributed by atoms with van der Waals surface area (Å²) in [6.45, 7) is 4.44. The average molecular weight is 404 g/mol. The summed E-state index contributed by atoms with van der Waals surface area (Å²) in [6, 6.07) is 10.2. The van der Waals surface area contributed by atoms with E-state index in [1.54, 1.807) is 41.5 Å². The lowest BCUT2D eigenvalue weighted by Gasteiger charge is -2.31. The Morgan fingerprint density at radius 3 is 2.57 bits per heavy atom. The molecule has 0 spiro atoms. The number of furan rings is 1. The van der Waals surface area contributed by atoms with Crippen LogP contribution < -0.4 is 5.32 Å². The van der Waals surface area contributed by atoms with Gasteiger partial charge >= 0.3 is 6.03 Å². The molecule has 0 unspecified atom stereocenters. The summed E-state index contributed by atoms with van der Waals surface area (Å²) in [5, 5.41) is 3.46. The third-order valence-corrected chi connectivity index (χ3v) is 5.29. The smallest absolute Gasteiger partial charge is 0.322 e. The summed E-state index contributed by atoms with van der Waals surface area (Å²) in [4.78, 5) is 28.8. The van der Waals surface area contributed by atoms with Crippen molar-refractivity contribution in [3.63, 3.8) is 0 Å². The Labute approximate surface area is 170 Å². The number of nitrogens with zero attached hydrogens (tertiary/aromatic N) is 2. The number of carbonyl (C=O) groups excluding carboxylic acids is 2. The minimum Gasteiger partial charge on any atom is -0.467 e. The van der Waals surface area contributed by atoms with Gasteiger partial charge in [-0.15, -0.1) is 0 Å². The highest BCUT2D eigenvalue weighted by atomic mass is 35.5. The fourth-order valence-corrected chi connectivity index (χ4v) is 3.35. The third kappa shape index (κ3) is 5.76. The van der Waals surface area contributed by atoms with E-state index >= 15 is 0 Å². The van der Waals surface area contributed by atoms with E-state index in [9.17, 15) is 9.59 Å². The molecule has 1 aromatic carbocycles. The van der Waals surface area contributed by atoms with Gasteiger partial charge in [-0.25, -0.2) is 4.79 Å². The van der Waals surface area contributed by atoms with Crippen molar-refractivity contribution in [3.8, 4) is 0 Å². The van der Waals surface area contributed by atoms with Gasteiger partial charge in [-0.2, -0.15) is 0 Å². The molecule has 1 aliphatic rings. The maximum absolute atomic E-state index is 12.8. The zero-order chi connectivity index (χ0) is 19.9. The van der Waals surface area contributed by atoms with Gasteiger partial charge in [0.2, 0.25) is 5.91 Å². The lowest BCUT2D eigenvalue weighted by Crippen LogP contribution is -2.41. The van der Waals surface area contributed by atoms with Crippen molar-refractivity contribution >= 4 is 29.2 Å². The normalized spacial score (nSPS) is 14.7. The molecule has 0 saturated carbocycles. The van der Waals surface area contributed by atoms with E-state index < -0.39 is 0 Å². The Kier molecular flexibility index (Phi) is 6.98. The second-order valence-corrected chi connectivity index (χ2v) is 7.69. The zero-order valence-corrected chi connectivity index (χ0v) is 16.8. The molecule has 1 fully saturated rings. The van der Waals surface area contributed by atoms with Crippen LogP contribution in [0.2, 0.25) is 5.02 Å². The number of anilines is 1. The quantitative estimate of drug-likeness (QED) is 0.765. The van der Waals surface area contributed by atoms with Gasteiger partial charge in [0.15, 0.2) is 0 Å². The summed E-state index contributed by atoms with van der Waals surface area (Å²) < 4.78 is 5.38. The van der Waals surface area contributed by atoms with Gasteiger partial charge in [-0.1, -0.05) is 18.5 Å². The number of piperidine rings is 1. The van der Waals surface area contributed by atoms with Crippen LogP contribution in [0.15, 0.2) is 47.1 Å². The second-order valence-electron chi connectivity index (χ2n) is 7.25. The van der Waals surface area contributed by atoms with Gasteiger partial charge < -0.3 is 19.5 Å². The van der Waals surface area contributed by atoms with E-state index in [1.165, 1.54) is 0 Å². The van der Waals surface area contributed by atoms with Crippen molar-refractivity contribution in [3.05, 3.63) is 53.4 Å². The van der Waals surface area contributed by atoms with Crippen LogP contribution in [0.3, 0.4) is 0 Å². The third-order valence-electron chi connectivity index (χ3n) is 5.04. The maximum atomic E-state index is 12.8. The Balaban J connectivity index is 1.60. The number of likely N-dealkylation sites (tertiary alicyclic amines) is 1. The lowest BCUT2D eigenvalue weighted by molar-refractivity contribution is -0.132. The Bertz CT molecular complexity index is 769. The van der Waals surface area contributed by atoms with Gasteiger partial charge in [0.05, 0.1) is 12.8 Å². The van der Waals surface area contributed by atoms with E-state index in [0.717, 1.165) is 25.9 Å². The minimum atomic E-state index is -0.279. The van der Waals surface area contributed by atoms with Gasteiger partial charge in [0, 0.05) is 36.8 Å². The number of urea groups is 1. The molecule has 6 nitrogen and oxygen atoms in total. The molecular weight excluding hydrogens is 378 g/mol. The number of hydrogen-bond donors (Lipinski definition) is 1. The van der Waals surface area contributed by atoms with Crippen LogP contribution in [-0.2, 0) is 11.3 Å². The summed E-state index contributed by atoms with van der Waals surface area (Å²) in [5.74, 6) is 1.44. The Hall–Kier alpha value is -2.47. The molecule has 1 saturated heterocycles. The summed E-state index contributed by atoms with van der Waals surface area (Å²) in [7, 11) is 0. The molecule has 0 atom stereocenters. The molecule has 28 heavy (non-hydrogen) atoms. The van der Waals surface area contributed by atoms with Crippen LogP contribution in [0.1, 0.15) is 31.9 Å². The monoisotopic (exact) mass is 403 g/mol. The first-order chi connectivity index (χ1) is 13.5. The van der Waals surface area contributed by atoms with Crippen molar-refractivity contribution in [2.45, 2.75) is 32.7 Å². The predicted octanol–water partition coefficient (Wildman–Crippen LogP) is 4.62. The van der Waals surface area contributed by atoms with Crippen LogP contribution in [0.25, 0.3) is 0 Å². The standard InChI is InChI=1S/C21H26ClN3O3/c1-16-8-11-24(12-9-16)20(26)10-13-25(15-19-3-2-14-28-19)21(27)23-18-6-4-17(22)5-7-18/h2-7,14,16H,8-13,15H2,1H3,(H,23,27). The Morgan fingerprint density at radius 1 is 1.21 bits per heavy atom. The van der Waals surface area contributed by atoms with E-state index in [1.807, 2.05) is 11.0 Å². The van der Waals surface area contributed by atoms with Crippen molar-refractivity contribution in [2.24, 2.45) is 5.92 Å². The van der Waals surface area contributed by atoms with Crippen molar-refractivity contribution in [2.75, 3.05) is 25.0 Å². The number of rotatable bonds is 6. The summed E-state index contributed by atoms with van der Waals surface area (Å²) >= 11 is 5.90. The van der Waals surface area contributed by atoms with Crippen LogP contribution >= 0.6 is 11.6 Å². The molecule has 2 heterocycles.